The number of anilines is 1. The van der Waals surface area contributed by atoms with E-state index in [9.17, 15) is 4.79 Å². The molecule has 1 atom stereocenters. The van der Waals surface area contributed by atoms with Gasteiger partial charge in [0.25, 0.3) is 0 Å². The van der Waals surface area contributed by atoms with Crippen molar-refractivity contribution in [2.24, 2.45) is 7.05 Å². The molecule has 0 aliphatic rings. The second-order valence-corrected chi connectivity index (χ2v) is 5.71. The summed E-state index contributed by atoms with van der Waals surface area (Å²) in [7, 11) is 5.88. The highest BCUT2D eigenvalue weighted by molar-refractivity contribution is 5.79. The summed E-state index contributed by atoms with van der Waals surface area (Å²) in [5.74, 6) is 0.0355. The maximum absolute atomic E-state index is 12.2. The van der Waals surface area contributed by atoms with Gasteiger partial charge in [-0.05, 0) is 24.1 Å². The van der Waals surface area contributed by atoms with E-state index in [1.807, 2.05) is 56.5 Å². The molecule has 1 aromatic heterocycles. The highest BCUT2D eigenvalue weighted by Gasteiger charge is 2.14. The Bertz CT molecular complexity index is 616. The summed E-state index contributed by atoms with van der Waals surface area (Å²) < 4.78 is 1.75. The number of hydrogen-bond donors (Lipinski definition) is 1. The van der Waals surface area contributed by atoms with Gasteiger partial charge in [0.2, 0.25) is 5.91 Å². The standard InChI is InChI=1S/C17H24N4O/c1-5-16(14-11-18-21(4)12-14)19-17(22)10-13-6-8-15(9-7-13)20(2)3/h6-9,11-12,16H,5,10H2,1-4H3,(H,19,22). The molecule has 1 amide bonds. The number of hydrogen-bond acceptors (Lipinski definition) is 3. The van der Waals surface area contributed by atoms with Crippen molar-refractivity contribution in [1.82, 2.24) is 15.1 Å². The fraction of sp³-hybridized carbons (Fsp3) is 0.412. The Labute approximate surface area is 131 Å². The van der Waals surface area contributed by atoms with Gasteiger partial charge in [-0.2, -0.15) is 5.10 Å². The minimum Gasteiger partial charge on any atom is -0.378 e. The minimum atomic E-state index is 0.0160. The van der Waals surface area contributed by atoms with Crippen LogP contribution in [0.15, 0.2) is 36.7 Å². The van der Waals surface area contributed by atoms with Crippen molar-refractivity contribution >= 4 is 11.6 Å². The van der Waals surface area contributed by atoms with E-state index in [1.54, 1.807) is 10.9 Å². The predicted molar refractivity (Wildman–Crippen MR) is 88.9 cm³/mol. The van der Waals surface area contributed by atoms with Crippen molar-refractivity contribution in [2.75, 3.05) is 19.0 Å². The Morgan fingerprint density at radius 2 is 2.00 bits per heavy atom. The highest BCUT2D eigenvalue weighted by Crippen LogP contribution is 2.16. The molecule has 0 radical (unpaired) electrons. The molecule has 118 valence electrons. The molecule has 0 fully saturated rings. The normalized spacial score (nSPS) is 12.0. The highest BCUT2D eigenvalue weighted by atomic mass is 16.1. The lowest BCUT2D eigenvalue weighted by molar-refractivity contribution is -0.121. The third kappa shape index (κ3) is 4.10. The van der Waals surface area contributed by atoms with Crippen molar-refractivity contribution < 1.29 is 4.79 Å². The molecule has 0 aliphatic carbocycles. The van der Waals surface area contributed by atoms with Crippen molar-refractivity contribution in [3.05, 3.63) is 47.8 Å². The number of amides is 1. The van der Waals surface area contributed by atoms with E-state index < -0.39 is 0 Å². The van der Waals surface area contributed by atoms with Crippen LogP contribution in [0.3, 0.4) is 0 Å². The number of rotatable bonds is 6. The van der Waals surface area contributed by atoms with E-state index in [0.29, 0.717) is 6.42 Å². The maximum atomic E-state index is 12.2. The number of carbonyl (C=O) groups excluding carboxylic acids is 1. The Balaban J connectivity index is 1.96. The monoisotopic (exact) mass is 300 g/mol. The minimum absolute atomic E-state index is 0.0160. The Morgan fingerprint density at radius 3 is 2.50 bits per heavy atom. The van der Waals surface area contributed by atoms with Crippen LogP contribution in [0, 0.1) is 0 Å². The van der Waals surface area contributed by atoms with Crippen LogP contribution in [0.25, 0.3) is 0 Å². The zero-order valence-corrected chi connectivity index (χ0v) is 13.7. The Kier molecular flexibility index (Phi) is 5.20. The molecule has 1 aromatic carbocycles. The summed E-state index contributed by atoms with van der Waals surface area (Å²) in [6.45, 7) is 2.06. The number of nitrogens with one attached hydrogen (secondary N) is 1. The van der Waals surface area contributed by atoms with E-state index in [2.05, 4.69) is 17.3 Å². The van der Waals surface area contributed by atoms with Gasteiger partial charge in [-0.25, -0.2) is 0 Å². The fourth-order valence-corrected chi connectivity index (χ4v) is 2.38. The van der Waals surface area contributed by atoms with Crippen LogP contribution in [-0.4, -0.2) is 29.8 Å². The molecule has 1 heterocycles. The van der Waals surface area contributed by atoms with Crippen LogP contribution in [-0.2, 0) is 18.3 Å². The van der Waals surface area contributed by atoms with E-state index in [4.69, 9.17) is 0 Å². The average molecular weight is 300 g/mol. The smallest absolute Gasteiger partial charge is 0.224 e. The summed E-state index contributed by atoms with van der Waals surface area (Å²) in [5.41, 5.74) is 3.19. The van der Waals surface area contributed by atoms with Gasteiger partial charge in [-0.3, -0.25) is 9.48 Å². The van der Waals surface area contributed by atoms with Gasteiger partial charge in [0.05, 0.1) is 18.7 Å². The van der Waals surface area contributed by atoms with E-state index >= 15 is 0 Å². The van der Waals surface area contributed by atoms with Gasteiger partial charge in [0.1, 0.15) is 0 Å². The van der Waals surface area contributed by atoms with Crippen molar-refractivity contribution in [1.29, 1.82) is 0 Å². The zero-order valence-electron chi connectivity index (χ0n) is 13.7. The molecule has 22 heavy (non-hydrogen) atoms. The number of aromatic nitrogens is 2. The summed E-state index contributed by atoms with van der Waals surface area (Å²) >= 11 is 0. The van der Waals surface area contributed by atoms with E-state index in [-0.39, 0.29) is 11.9 Å². The lowest BCUT2D eigenvalue weighted by Gasteiger charge is -2.16. The Hall–Kier alpha value is -2.30. The van der Waals surface area contributed by atoms with Gasteiger partial charge in [-0.1, -0.05) is 19.1 Å². The number of aryl methyl sites for hydroxylation is 1. The number of nitrogens with zero attached hydrogens (tertiary/aromatic N) is 3. The van der Waals surface area contributed by atoms with E-state index in [1.165, 1.54) is 0 Å². The lowest BCUT2D eigenvalue weighted by Crippen LogP contribution is -2.29. The Morgan fingerprint density at radius 1 is 1.32 bits per heavy atom. The first-order valence-corrected chi connectivity index (χ1v) is 7.53. The first-order chi connectivity index (χ1) is 10.5. The molecule has 0 saturated heterocycles. The summed E-state index contributed by atoms with van der Waals surface area (Å²) in [6.07, 6.45) is 4.99. The van der Waals surface area contributed by atoms with Crippen LogP contribution in [0.2, 0.25) is 0 Å². The zero-order chi connectivity index (χ0) is 16.1. The second-order valence-electron chi connectivity index (χ2n) is 5.71. The molecule has 1 unspecified atom stereocenters. The van der Waals surface area contributed by atoms with Crippen LogP contribution < -0.4 is 10.2 Å². The van der Waals surface area contributed by atoms with Crippen molar-refractivity contribution in [2.45, 2.75) is 25.8 Å². The third-order valence-corrected chi connectivity index (χ3v) is 3.69. The van der Waals surface area contributed by atoms with Gasteiger partial charge in [-0.15, -0.1) is 0 Å². The first-order valence-electron chi connectivity index (χ1n) is 7.53. The van der Waals surface area contributed by atoms with Gasteiger partial charge < -0.3 is 10.2 Å². The lowest BCUT2D eigenvalue weighted by atomic mass is 10.1. The second kappa shape index (κ2) is 7.11. The van der Waals surface area contributed by atoms with Crippen LogP contribution in [0.4, 0.5) is 5.69 Å². The molecule has 1 N–H and O–H groups in total. The maximum Gasteiger partial charge on any atom is 0.224 e. The summed E-state index contributed by atoms with van der Waals surface area (Å²) in [4.78, 5) is 14.3. The molecule has 0 spiro atoms. The predicted octanol–water partition coefficient (Wildman–Crippen LogP) is 2.30. The molecule has 2 aromatic rings. The molecule has 5 nitrogen and oxygen atoms in total. The molecule has 5 heteroatoms. The first kappa shape index (κ1) is 16.1. The van der Waals surface area contributed by atoms with Crippen molar-refractivity contribution in [3.63, 3.8) is 0 Å². The van der Waals surface area contributed by atoms with Crippen LogP contribution >= 0.6 is 0 Å². The SMILES string of the molecule is CCC(NC(=O)Cc1ccc(N(C)C)cc1)c1cnn(C)c1. The third-order valence-electron chi connectivity index (χ3n) is 3.69. The fourth-order valence-electron chi connectivity index (χ4n) is 2.38. The molecular weight excluding hydrogens is 276 g/mol. The van der Waals surface area contributed by atoms with Gasteiger partial charge in [0, 0.05) is 38.6 Å². The summed E-state index contributed by atoms with van der Waals surface area (Å²) in [5, 5.41) is 7.24. The summed E-state index contributed by atoms with van der Waals surface area (Å²) in [6, 6.07) is 8.07. The van der Waals surface area contributed by atoms with Crippen molar-refractivity contribution in [3.8, 4) is 0 Å². The van der Waals surface area contributed by atoms with E-state index in [0.717, 1.165) is 23.2 Å². The van der Waals surface area contributed by atoms with Gasteiger partial charge >= 0.3 is 0 Å². The average Bonchev–Trinajstić information content (AvgIpc) is 2.91. The van der Waals surface area contributed by atoms with Crippen LogP contribution in [0.5, 0.6) is 0 Å². The van der Waals surface area contributed by atoms with Gasteiger partial charge in [0.15, 0.2) is 0 Å². The molecule has 0 bridgehead atoms. The number of benzene rings is 1. The molecule has 0 saturated carbocycles. The topological polar surface area (TPSA) is 50.2 Å². The quantitative estimate of drug-likeness (QED) is 0.890. The number of carbonyl (C=O) groups is 1. The molecule has 0 aliphatic heterocycles. The van der Waals surface area contributed by atoms with Crippen LogP contribution in [0.1, 0.15) is 30.5 Å². The molecule has 2 rings (SSSR count). The largest absolute Gasteiger partial charge is 0.378 e. The molecular formula is C17H24N4O.